The van der Waals surface area contributed by atoms with E-state index in [9.17, 15) is 9.18 Å². The third-order valence-electron chi connectivity index (χ3n) is 3.75. The quantitative estimate of drug-likeness (QED) is 0.882. The summed E-state index contributed by atoms with van der Waals surface area (Å²) in [5.74, 6) is -0.473. The smallest absolute Gasteiger partial charge is 0.244 e. The van der Waals surface area contributed by atoms with Crippen LogP contribution in [0.3, 0.4) is 0 Å². The fourth-order valence-corrected chi connectivity index (χ4v) is 2.27. The highest BCUT2D eigenvalue weighted by Gasteiger charge is 2.13. The molecule has 5 heteroatoms. The van der Waals surface area contributed by atoms with Crippen molar-refractivity contribution in [2.75, 3.05) is 0 Å². The lowest BCUT2D eigenvalue weighted by molar-refractivity contribution is -0.117. The van der Waals surface area contributed by atoms with E-state index in [1.165, 1.54) is 18.2 Å². The number of hydrogen-bond acceptors (Lipinski definition) is 2. The van der Waals surface area contributed by atoms with Gasteiger partial charge < -0.3 is 5.32 Å². The van der Waals surface area contributed by atoms with Gasteiger partial charge in [0.2, 0.25) is 5.91 Å². The number of amides is 1. The van der Waals surface area contributed by atoms with Crippen LogP contribution in [0.4, 0.5) is 4.39 Å². The summed E-state index contributed by atoms with van der Waals surface area (Å²) in [6, 6.07) is 5.95. The molecule has 0 aliphatic rings. The van der Waals surface area contributed by atoms with Crippen LogP contribution < -0.4 is 5.32 Å². The molecule has 0 aliphatic heterocycles. The van der Waals surface area contributed by atoms with Crippen LogP contribution in [0.25, 0.3) is 5.57 Å². The lowest BCUT2D eigenvalue weighted by Crippen LogP contribution is -2.25. The van der Waals surface area contributed by atoms with Crippen LogP contribution >= 0.6 is 0 Å². The second-order valence-electron chi connectivity index (χ2n) is 5.37. The Bertz CT molecular complexity index is 701. The molecule has 116 valence electrons. The van der Waals surface area contributed by atoms with E-state index >= 15 is 0 Å². The van der Waals surface area contributed by atoms with Gasteiger partial charge in [0.05, 0.1) is 12.2 Å². The first kappa shape index (κ1) is 15.9. The Morgan fingerprint density at radius 2 is 2.00 bits per heavy atom. The van der Waals surface area contributed by atoms with E-state index in [-0.39, 0.29) is 17.8 Å². The zero-order valence-corrected chi connectivity index (χ0v) is 13.2. The number of nitrogens with zero attached hydrogens (tertiary/aromatic N) is 2. The predicted octanol–water partition coefficient (Wildman–Crippen LogP) is 3.15. The number of aromatic nitrogens is 2. The summed E-state index contributed by atoms with van der Waals surface area (Å²) in [5, 5.41) is 7.10. The first-order valence-corrected chi connectivity index (χ1v) is 7.11. The highest BCUT2D eigenvalue weighted by atomic mass is 19.1. The topological polar surface area (TPSA) is 46.9 Å². The Hall–Kier alpha value is -2.43. The minimum absolute atomic E-state index is 0.126. The summed E-state index contributed by atoms with van der Waals surface area (Å²) >= 11 is 0. The van der Waals surface area contributed by atoms with Crippen molar-refractivity contribution in [3.05, 3.63) is 59.2 Å². The van der Waals surface area contributed by atoms with Crippen molar-refractivity contribution in [3.8, 4) is 0 Å². The van der Waals surface area contributed by atoms with Crippen LogP contribution in [-0.2, 0) is 11.8 Å². The molecule has 1 amide bonds. The van der Waals surface area contributed by atoms with Crippen LogP contribution in [0.2, 0.25) is 0 Å². The van der Waals surface area contributed by atoms with Gasteiger partial charge in [-0.3, -0.25) is 9.48 Å². The molecule has 0 unspecified atom stereocenters. The van der Waals surface area contributed by atoms with E-state index in [1.807, 2.05) is 27.8 Å². The van der Waals surface area contributed by atoms with Gasteiger partial charge in [0.1, 0.15) is 5.82 Å². The van der Waals surface area contributed by atoms with Gasteiger partial charge in [0, 0.05) is 24.4 Å². The Morgan fingerprint density at radius 1 is 1.36 bits per heavy atom. The van der Waals surface area contributed by atoms with Gasteiger partial charge >= 0.3 is 0 Å². The summed E-state index contributed by atoms with van der Waals surface area (Å²) in [5.41, 5.74) is 3.62. The van der Waals surface area contributed by atoms with Crippen molar-refractivity contribution < 1.29 is 9.18 Å². The maximum Gasteiger partial charge on any atom is 0.244 e. The molecule has 0 aliphatic carbocycles. The number of aryl methyl sites for hydroxylation is 1. The minimum atomic E-state index is -0.290. The van der Waals surface area contributed by atoms with Gasteiger partial charge in [-0.15, -0.1) is 0 Å². The number of benzene rings is 1. The zero-order valence-electron chi connectivity index (χ0n) is 13.2. The molecule has 1 aromatic carbocycles. The van der Waals surface area contributed by atoms with Gasteiger partial charge in [-0.2, -0.15) is 5.10 Å². The molecular formula is C17H20FN3O. The third-order valence-corrected chi connectivity index (χ3v) is 3.75. The Balaban J connectivity index is 2.07. The van der Waals surface area contributed by atoms with Crippen LogP contribution in [0, 0.1) is 12.7 Å². The van der Waals surface area contributed by atoms with Gasteiger partial charge in [0.25, 0.3) is 0 Å². The molecule has 2 rings (SSSR count). The fraction of sp³-hybridized carbons (Fsp3) is 0.294. The van der Waals surface area contributed by atoms with Crippen molar-refractivity contribution in [1.82, 2.24) is 15.1 Å². The minimum Gasteiger partial charge on any atom is -0.346 e. The molecular weight excluding hydrogens is 281 g/mol. The molecule has 22 heavy (non-hydrogen) atoms. The molecule has 1 aromatic heterocycles. The van der Waals surface area contributed by atoms with Gasteiger partial charge in [-0.25, -0.2) is 4.39 Å². The molecule has 4 nitrogen and oxygen atoms in total. The maximum absolute atomic E-state index is 12.9. The van der Waals surface area contributed by atoms with Crippen molar-refractivity contribution >= 4 is 11.5 Å². The van der Waals surface area contributed by atoms with Gasteiger partial charge in [0.15, 0.2) is 0 Å². The Morgan fingerprint density at radius 3 is 2.55 bits per heavy atom. The lowest BCUT2D eigenvalue weighted by atomic mass is 10.1. The number of nitrogens with one attached hydrogen (secondary N) is 1. The normalized spacial score (nSPS) is 13.0. The molecule has 0 spiro atoms. The number of hydrogen-bond donors (Lipinski definition) is 1. The first-order chi connectivity index (χ1) is 10.4. The number of allylic oxidation sites excluding steroid dienone is 1. The van der Waals surface area contributed by atoms with Crippen LogP contribution in [-0.4, -0.2) is 15.7 Å². The van der Waals surface area contributed by atoms with E-state index in [1.54, 1.807) is 23.0 Å². The molecule has 1 heterocycles. The molecule has 0 saturated carbocycles. The summed E-state index contributed by atoms with van der Waals surface area (Å²) in [6.45, 7) is 5.71. The van der Waals surface area contributed by atoms with Gasteiger partial charge in [-0.1, -0.05) is 12.1 Å². The Kier molecular flexibility index (Phi) is 4.75. The number of carbonyl (C=O) groups is 1. The van der Waals surface area contributed by atoms with Gasteiger partial charge in [-0.05, 0) is 44.0 Å². The van der Waals surface area contributed by atoms with Crippen molar-refractivity contribution in [1.29, 1.82) is 0 Å². The zero-order chi connectivity index (χ0) is 16.3. The SMILES string of the molecule is C/C(=C/C(=O)N[C@H](C)c1cnn(C)c1C)c1ccc(F)cc1. The number of halogens is 1. The predicted molar refractivity (Wildman–Crippen MR) is 84.6 cm³/mol. The highest BCUT2D eigenvalue weighted by Crippen LogP contribution is 2.17. The second kappa shape index (κ2) is 6.56. The number of carbonyl (C=O) groups excluding carboxylic acids is 1. The van der Waals surface area contributed by atoms with E-state index in [4.69, 9.17) is 0 Å². The highest BCUT2D eigenvalue weighted by molar-refractivity contribution is 5.95. The Labute approximate surface area is 129 Å². The monoisotopic (exact) mass is 301 g/mol. The second-order valence-corrected chi connectivity index (χ2v) is 5.37. The van der Waals surface area contributed by atoms with Crippen LogP contribution in [0.15, 0.2) is 36.5 Å². The molecule has 0 saturated heterocycles. The maximum atomic E-state index is 12.9. The number of rotatable bonds is 4. The van der Waals surface area contributed by atoms with Crippen molar-refractivity contribution in [3.63, 3.8) is 0 Å². The summed E-state index contributed by atoms with van der Waals surface area (Å²) in [6.07, 6.45) is 3.28. The summed E-state index contributed by atoms with van der Waals surface area (Å²) in [7, 11) is 1.87. The summed E-state index contributed by atoms with van der Waals surface area (Å²) < 4.78 is 14.7. The molecule has 1 N–H and O–H groups in total. The fourth-order valence-electron chi connectivity index (χ4n) is 2.27. The molecule has 1 atom stereocenters. The average Bonchev–Trinajstić information content (AvgIpc) is 2.79. The first-order valence-electron chi connectivity index (χ1n) is 7.11. The van der Waals surface area contributed by atoms with E-state index in [0.29, 0.717) is 0 Å². The molecule has 0 radical (unpaired) electrons. The van der Waals surface area contributed by atoms with Crippen molar-refractivity contribution in [2.45, 2.75) is 26.8 Å². The molecule has 0 bridgehead atoms. The van der Waals surface area contributed by atoms with E-state index in [2.05, 4.69) is 10.4 Å². The van der Waals surface area contributed by atoms with Crippen molar-refractivity contribution in [2.24, 2.45) is 7.05 Å². The summed E-state index contributed by atoms with van der Waals surface area (Å²) in [4.78, 5) is 12.1. The van der Waals surface area contributed by atoms with E-state index in [0.717, 1.165) is 22.4 Å². The largest absolute Gasteiger partial charge is 0.346 e. The van der Waals surface area contributed by atoms with Crippen LogP contribution in [0.1, 0.15) is 36.7 Å². The van der Waals surface area contributed by atoms with Crippen LogP contribution in [0.5, 0.6) is 0 Å². The average molecular weight is 301 g/mol. The molecule has 0 fully saturated rings. The third kappa shape index (κ3) is 3.61. The standard InChI is InChI=1S/C17H20FN3O/c1-11(14-5-7-15(18)8-6-14)9-17(22)20-12(2)16-10-19-21(4)13(16)3/h5-10,12H,1-4H3,(H,20,22)/b11-9-/t12-/m1/s1. The van der Waals surface area contributed by atoms with E-state index < -0.39 is 0 Å². The molecule has 2 aromatic rings. The lowest BCUT2D eigenvalue weighted by Gasteiger charge is -2.12.